The minimum Gasteiger partial charge on any atom is -0.467 e. The predicted octanol–water partition coefficient (Wildman–Crippen LogP) is 2.72. The summed E-state index contributed by atoms with van der Waals surface area (Å²) in [7, 11) is 0. The van der Waals surface area contributed by atoms with Gasteiger partial charge in [-0.3, -0.25) is 9.59 Å². The number of urea groups is 1. The van der Waals surface area contributed by atoms with E-state index in [1.54, 1.807) is 36.6 Å². The normalized spacial score (nSPS) is 15.9. The molecule has 0 saturated heterocycles. The van der Waals surface area contributed by atoms with Gasteiger partial charge in [-0.15, -0.1) is 11.3 Å². The van der Waals surface area contributed by atoms with E-state index >= 15 is 0 Å². The van der Waals surface area contributed by atoms with Crippen LogP contribution in [0.1, 0.15) is 41.2 Å². The maximum absolute atomic E-state index is 12.5. The Morgan fingerprint density at radius 3 is 2.67 bits per heavy atom. The molecule has 158 valence electrons. The largest absolute Gasteiger partial charge is 0.467 e. The zero-order valence-electron chi connectivity index (χ0n) is 16.1. The number of hydrogen-bond donors (Lipinski definition) is 2. The number of rotatable bonds is 9. The summed E-state index contributed by atoms with van der Waals surface area (Å²) < 4.78 is 15.6. The second kappa shape index (κ2) is 9.88. The molecule has 2 aromatic rings. The van der Waals surface area contributed by atoms with Gasteiger partial charge >= 0.3 is 18.0 Å². The van der Waals surface area contributed by atoms with Crippen LogP contribution in [0.25, 0.3) is 0 Å². The van der Waals surface area contributed by atoms with Gasteiger partial charge in [0.05, 0.1) is 35.4 Å². The predicted molar refractivity (Wildman–Crippen MR) is 106 cm³/mol. The highest BCUT2D eigenvalue weighted by Gasteiger charge is 2.35. The fourth-order valence-electron chi connectivity index (χ4n) is 2.85. The molecule has 0 spiro atoms. The first-order valence-corrected chi connectivity index (χ1v) is 10.1. The molecule has 0 saturated carbocycles. The highest BCUT2D eigenvalue weighted by molar-refractivity contribution is 7.12. The van der Waals surface area contributed by atoms with Crippen molar-refractivity contribution in [3.8, 4) is 0 Å². The van der Waals surface area contributed by atoms with Gasteiger partial charge in [-0.2, -0.15) is 0 Å². The van der Waals surface area contributed by atoms with Crippen LogP contribution in [0, 0.1) is 0 Å². The van der Waals surface area contributed by atoms with Gasteiger partial charge in [0.1, 0.15) is 18.4 Å². The van der Waals surface area contributed by atoms with Gasteiger partial charge < -0.3 is 24.5 Å². The highest BCUT2D eigenvalue weighted by atomic mass is 32.1. The number of Topliss-reactive ketones (excluding diaryl/α,β-unsaturated/α-hetero) is 1. The number of ketones is 1. The summed E-state index contributed by atoms with van der Waals surface area (Å²) in [4.78, 5) is 49.2. The van der Waals surface area contributed by atoms with Crippen LogP contribution in [0.5, 0.6) is 0 Å². The summed E-state index contributed by atoms with van der Waals surface area (Å²) in [6, 6.07) is 5.21. The lowest BCUT2D eigenvalue weighted by atomic mass is 10.0. The van der Waals surface area contributed by atoms with Crippen molar-refractivity contribution in [2.24, 2.45) is 0 Å². The van der Waals surface area contributed by atoms with Crippen molar-refractivity contribution in [2.75, 3.05) is 13.2 Å². The van der Waals surface area contributed by atoms with Crippen molar-refractivity contribution in [3.63, 3.8) is 0 Å². The van der Waals surface area contributed by atoms with Crippen molar-refractivity contribution < 1.29 is 33.1 Å². The zero-order chi connectivity index (χ0) is 21.5. The number of carbonyl (C=O) groups is 4. The van der Waals surface area contributed by atoms with E-state index in [-0.39, 0.29) is 43.1 Å². The maximum Gasteiger partial charge on any atom is 0.338 e. The van der Waals surface area contributed by atoms with Crippen molar-refractivity contribution in [3.05, 3.63) is 57.8 Å². The van der Waals surface area contributed by atoms with Crippen LogP contribution in [-0.4, -0.2) is 37.0 Å². The number of carbonyl (C=O) groups excluding carboxylic acids is 4. The summed E-state index contributed by atoms with van der Waals surface area (Å²) >= 11 is 1.30. The van der Waals surface area contributed by atoms with Crippen LogP contribution in [0.4, 0.5) is 4.79 Å². The average Bonchev–Trinajstić information content (AvgIpc) is 3.44. The van der Waals surface area contributed by atoms with Gasteiger partial charge in [-0.1, -0.05) is 6.07 Å². The van der Waals surface area contributed by atoms with E-state index in [2.05, 4.69) is 10.6 Å². The molecular formula is C20H20N2O7S. The Kier molecular flexibility index (Phi) is 7.02. The summed E-state index contributed by atoms with van der Waals surface area (Å²) in [5, 5.41) is 6.86. The fraction of sp³-hybridized carbons (Fsp3) is 0.300. The Hall–Kier alpha value is -3.40. The van der Waals surface area contributed by atoms with Gasteiger partial charge in [0.15, 0.2) is 5.78 Å². The molecule has 9 nitrogen and oxygen atoms in total. The van der Waals surface area contributed by atoms with Crippen LogP contribution in [0.2, 0.25) is 0 Å². The number of ether oxygens (including phenoxy) is 2. The van der Waals surface area contributed by atoms with Crippen LogP contribution >= 0.6 is 11.3 Å². The van der Waals surface area contributed by atoms with E-state index in [1.165, 1.54) is 17.6 Å². The maximum atomic E-state index is 12.5. The van der Waals surface area contributed by atoms with Crippen LogP contribution in [0.15, 0.2) is 51.6 Å². The van der Waals surface area contributed by atoms with E-state index in [1.807, 2.05) is 0 Å². The molecule has 0 aliphatic carbocycles. The molecule has 3 rings (SSSR count). The molecule has 2 aromatic heterocycles. The minimum absolute atomic E-state index is 0.00601. The van der Waals surface area contributed by atoms with Crippen LogP contribution < -0.4 is 10.6 Å². The molecule has 0 fully saturated rings. The molecule has 0 radical (unpaired) electrons. The lowest BCUT2D eigenvalue weighted by molar-refractivity contribution is -0.143. The first-order valence-electron chi connectivity index (χ1n) is 9.23. The van der Waals surface area contributed by atoms with Crippen molar-refractivity contribution in [2.45, 2.75) is 25.8 Å². The van der Waals surface area contributed by atoms with Gasteiger partial charge in [0.2, 0.25) is 0 Å². The lowest BCUT2D eigenvalue weighted by Crippen LogP contribution is -2.47. The summed E-state index contributed by atoms with van der Waals surface area (Å²) in [5.74, 6) is -1.12. The topological polar surface area (TPSA) is 124 Å². The Morgan fingerprint density at radius 1 is 1.17 bits per heavy atom. The summed E-state index contributed by atoms with van der Waals surface area (Å²) in [6.07, 6.45) is 1.30. The smallest absolute Gasteiger partial charge is 0.338 e. The van der Waals surface area contributed by atoms with Crippen molar-refractivity contribution >= 4 is 35.1 Å². The summed E-state index contributed by atoms with van der Waals surface area (Å²) in [6.45, 7) is 1.42. The number of nitrogens with one attached hydrogen (secondary N) is 2. The third-order valence-electron chi connectivity index (χ3n) is 4.21. The molecule has 1 unspecified atom stereocenters. The number of furan rings is 1. The molecule has 2 N–H and O–H groups in total. The summed E-state index contributed by atoms with van der Waals surface area (Å²) in [5.41, 5.74) is 0.172. The Bertz CT molecular complexity index is 948. The molecule has 30 heavy (non-hydrogen) atoms. The second-order valence-electron chi connectivity index (χ2n) is 6.22. The van der Waals surface area contributed by atoms with E-state index in [4.69, 9.17) is 13.9 Å². The lowest BCUT2D eigenvalue weighted by Gasteiger charge is -2.27. The van der Waals surface area contributed by atoms with E-state index in [0.717, 1.165) is 0 Å². The minimum atomic E-state index is -0.887. The third kappa shape index (κ3) is 5.15. The Labute approximate surface area is 176 Å². The van der Waals surface area contributed by atoms with Crippen molar-refractivity contribution in [1.82, 2.24) is 10.6 Å². The van der Waals surface area contributed by atoms with E-state index in [9.17, 15) is 19.2 Å². The number of thiophene rings is 1. The monoisotopic (exact) mass is 432 g/mol. The molecule has 3 heterocycles. The molecular weight excluding hydrogens is 412 g/mol. The molecule has 0 aromatic carbocycles. The SMILES string of the molecule is CCOC(=O)C1=C(COC(=O)CCC(=O)c2cccs2)NC(=O)NC1c1ccco1. The fourth-order valence-corrected chi connectivity index (χ4v) is 3.55. The molecule has 1 atom stereocenters. The Morgan fingerprint density at radius 2 is 2.00 bits per heavy atom. The van der Waals surface area contributed by atoms with Gasteiger partial charge in [0.25, 0.3) is 0 Å². The van der Waals surface area contributed by atoms with Crippen LogP contribution in [0.3, 0.4) is 0 Å². The number of amides is 2. The average molecular weight is 432 g/mol. The van der Waals surface area contributed by atoms with Crippen molar-refractivity contribution in [1.29, 1.82) is 0 Å². The van der Waals surface area contributed by atoms with E-state index < -0.39 is 24.0 Å². The second-order valence-corrected chi connectivity index (χ2v) is 7.17. The standard InChI is InChI=1S/C20H20N2O7S/c1-2-27-19(25)17-12(21-20(26)22-18(17)14-5-3-9-28-14)11-29-16(24)8-7-13(23)15-6-4-10-30-15/h3-6,9-10,18H,2,7-8,11H2,1H3,(H2,21,22,26). The van der Waals surface area contributed by atoms with Crippen LogP contribution in [-0.2, 0) is 19.1 Å². The molecule has 2 amide bonds. The number of hydrogen-bond acceptors (Lipinski definition) is 8. The molecule has 10 heteroatoms. The Balaban J connectivity index is 1.70. The highest BCUT2D eigenvalue weighted by Crippen LogP contribution is 2.28. The number of esters is 2. The first-order chi connectivity index (χ1) is 14.5. The third-order valence-corrected chi connectivity index (χ3v) is 5.12. The van der Waals surface area contributed by atoms with Gasteiger partial charge in [-0.05, 0) is 30.5 Å². The zero-order valence-corrected chi connectivity index (χ0v) is 17.0. The quantitative estimate of drug-likeness (QED) is 0.461. The van der Waals surface area contributed by atoms with E-state index in [0.29, 0.717) is 10.6 Å². The van der Waals surface area contributed by atoms with Gasteiger partial charge in [0, 0.05) is 6.42 Å². The molecule has 1 aliphatic rings. The molecule has 0 bridgehead atoms. The first kappa shape index (κ1) is 21.3. The van der Waals surface area contributed by atoms with Gasteiger partial charge in [-0.25, -0.2) is 9.59 Å². The molecule has 1 aliphatic heterocycles.